The van der Waals surface area contributed by atoms with Gasteiger partial charge < -0.3 is 9.98 Å². The number of hydrogen-bond acceptors (Lipinski definition) is 2. The van der Waals surface area contributed by atoms with Gasteiger partial charge in [0.2, 0.25) is 0 Å². The fraction of sp³-hybridized carbons (Fsp3) is 0.120. The molecule has 0 spiro atoms. The van der Waals surface area contributed by atoms with Crippen LogP contribution in [0, 0.1) is 30.6 Å². The van der Waals surface area contributed by atoms with Crippen LogP contribution in [0.3, 0.4) is 0 Å². The van der Waals surface area contributed by atoms with Crippen molar-refractivity contribution in [1.82, 2.24) is 4.57 Å². The number of nitrogens with zero attached hydrogens (tertiary/aromatic N) is 2. The summed E-state index contributed by atoms with van der Waals surface area (Å²) in [7, 11) is 0. The summed E-state index contributed by atoms with van der Waals surface area (Å²) in [5, 5.41) is 19.2. The molecule has 3 heteroatoms. The van der Waals surface area contributed by atoms with E-state index >= 15 is 0 Å². The molecular weight excluding hydrogens is 342 g/mol. The minimum atomic E-state index is 0.568. The van der Waals surface area contributed by atoms with Crippen molar-refractivity contribution < 1.29 is 0 Å². The second kappa shape index (κ2) is 7.17. The normalized spacial score (nSPS) is 10.8. The molecule has 0 amide bonds. The SMILES string of the molecule is Cc1ccccc1CC(=N)c1c(C)n(-c2ccccc2)c2ccc(C#N)cc12. The molecule has 28 heavy (non-hydrogen) atoms. The molecule has 0 fully saturated rings. The highest BCUT2D eigenvalue weighted by molar-refractivity contribution is 6.12. The second-order valence-electron chi connectivity index (χ2n) is 7.06. The number of para-hydroxylation sites is 1. The van der Waals surface area contributed by atoms with E-state index in [0.29, 0.717) is 17.7 Å². The maximum atomic E-state index is 9.38. The van der Waals surface area contributed by atoms with E-state index in [1.807, 2.05) is 48.5 Å². The van der Waals surface area contributed by atoms with Crippen molar-refractivity contribution in [1.29, 1.82) is 10.7 Å². The maximum absolute atomic E-state index is 9.38. The lowest BCUT2D eigenvalue weighted by Gasteiger charge is -2.10. The fourth-order valence-corrected chi connectivity index (χ4v) is 3.87. The minimum absolute atomic E-state index is 0.568. The summed E-state index contributed by atoms with van der Waals surface area (Å²) in [6.07, 6.45) is 0.568. The Morgan fingerprint density at radius 3 is 2.39 bits per heavy atom. The van der Waals surface area contributed by atoms with Crippen LogP contribution in [0.15, 0.2) is 72.8 Å². The van der Waals surface area contributed by atoms with Gasteiger partial charge in [0.1, 0.15) is 0 Å². The zero-order valence-electron chi connectivity index (χ0n) is 16.0. The molecule has 4 rings (SSSR count). The van der Waals surface area contributed by atoms with Gasteiger partial charge in [0.05, 0.1) is 17.1 Å². The highest BCUT2D eigenvalue weighted by Crippen LogP contribution is 2.31. The van der Waals surface area contributed by atoms with Gasteiger partial charge in [-0.1, -0.05) is 42.5 Å². The van der Waals surface area contributed by atoms with Gasteiger partial charge in [0, 0.05) is 34.5 Å². The Morgan fingerprint density at radius 2 is 1.68 bits per heavy atom. The minimum Gasteiger partial charge on any atom is -0.313 e. The number of rotatable bonds is 4. The van der Waals surface area contributed by atoms with Crippen molar-refractivity contribution in [3.8, 4) is 11.8 Å². The van der Waals surface area contributed by atoms with Gasteiger partial charge in [-0.2, -0.15) is 5.26 Å². The van der Waals surface area contributed by atoms with Crippen molar-refractivity contribution in [3.05, 3.63) is 101 Å². The zero-order chi connectivity index (χ0) is 19.7. The van der Waals surface area contributed by atoms with Gasteiger partial charge >= 0.3 is 0 Å². The molecule has 0 aliphatic heterocycles. The van der Waals surface area contributed by atoms with Gasteiger partial charge in [0.15, 0.2) is 0 Å². The van der Waals surface area contributed by atoms with Crippen LogP contribution in [-0.4, -0.2) is 10.3 Å². The molecule has 0 unspecified atom stereocenters. The first-order valence-electron chi connectivity index (χ1n) is 9.33. The van der Waals surface area contributed by atoms with Crippen LogP contribution in [0.2, 0.25) is 0 Å². The lowest BCUT2D eigenvalue weighted by atomic mass is 9.96. The Morgan fingerprint density at radius 1 is 0.964 bits per heavy atom. The van der Waals surface area contributed by atoms with Gasteiger partial charge in [-0.15, -0.1) is 0 Å². The first-order valence-corrected chi connectivity index (χ1v) is 9.33. The molecule has 0 radical (unpaired) electrons. The van der Waals surface area contributed by atoms with Crippen LogP contribution in [0.5, 0.6) is 0 Å². The Labute approximate surface area is 165 Å². The first kappa shape index (κ1) is 17.8. The number of hydrogen-bond donors (Lipinski definition) is 1. The van der Waals surface area contributed by atoms with Gasteiger partial charge in [-0.25, -0.2) is 0 Å². The summed E-state index contributed by atoms with van der Waals surface area (Å²) >= 11 is 0. The number of benzene rings is 3. The van der Waals surface area contributed by atoms with Crippen molar-refractivity contribution in [2.75, 3.05) is 0 Å². The molecule has 0 aliphatic rings. The predicted octanol–water partition coefficient (Wildman–Crippen LogP) is 5.73. The van der Waals surface area contributed by atoms with Gasteiger partial charge in [-0.3, -0.25) is 0 Å². The largest absolute Gasteiger partial charge is 0.313 e. The van der Waals surface area contributed by atoms with Crippen molar-refractivity contribution in [2.45, 2.75) is 20.3 Å². The average Bonchev–Trinajstić information content (AvgIpc) is 3.01. The predicted molar refractivity (Wildman–Crippen MR) is 114 cm³/mol. The summed E-state index contributed by atoms with van der Waals surface area (Å²) in [4.78, 5) is 0. The third-order valence-electron chi connectivity index (χ3n) is 5.28. The molecule has 0 saturated heterocycles. The monoisotopic (exact) mass is 363 g/mol. The first-order chi connectivity index (χ1) is 13.6. The number of nitriles is 1. The van der Waals surface area contributed by atoms with Crippen LogP contribution in [0.25, 0.3) is 16.6 Å². The number of fused-ring (bicyclic) bond motifs is 1. The van der Waals surface area contributed by atoms with Crippen LogP contribution >= 0.6 is 0 Å². The number of aryl methyl sites for hydroxylation is 1. The Bertz CT molecular complexity index is 1220. The smallest absolute Gasteiger partial charge is 0.0991 e. The van der Waals surface area contributed by atoms with Crippen molar-refractivity contribution in [3.63, 3.8) is 0 Å². The van der Waals surface area contributed by atoms with Gasteiger partial charge in [-0.05, 0) is 55.3 Å². The molecule has 136 valence electrons. The van der Waals surface area contributed by atoms with Crippen molar-refractivity contribution in [2.24, 2.45) is 0 Å². The molecule has 3 aromatic carbocycles. The summed E-state index contributed by atoms with van der Waals surface area (Å²) < 4.78 is 2.18. The van der Waals surface area contributed by atoms with E-state index in [0.717, 1.165) is 33.4 Å². The topological polar surface area (TPSA) is 52.6 Å². The van der Waals surface area contributed by atoms with Crippen molar-refractivity contribution >= 4 is 16.6 Å². The van der Waals surface area contributed by atoms with E-state index in [1.54, 1.807) is 0 Å². The van der Waals surface area contributed by atoms with Crippen LogP contribution in [-0.2, 0) is 6.42 Å². The summed E-state index contributed by atoms with van der Waals surface area (Å²) in [5.74, 6) is 0. The van der Waals surface area contributed by atoms with E-state index in [2.05, 4.69) is 48.7 Å². The van der Waals surface area contributed by atoms with E-state index in [9.17, 15) is 5.26 Å². The van der Waals surface area contributed by atoms with E-state index in [4.69, 9.17) is 5.41 Å². The highest BCUT2D eigenvalue weighted by atomic mass is 15.0. The summed E-state index contributed by atoms with van der Waals surface area (Å²) in [6.45, 7) is 4.14. The van der Waals surface area contributed by atoms with Crippen LogP contribution < -0.4 is 0 Å². The lowest BCUT2D eigenvalue weighted by Crippen LogP contribution is -2.07. The third-order valence-corrected chi connectivity index (χ3v) is 5.28. The van der Waals surface area contributed by atoms with Gasteiger partial charge in [0.25, 0.3) is 0 Å². The maximum Gasteiger partial charge on any atom is 0.0991 e. The molecule has 0 aliphatic carbocycles. The molecule has 3 nitrogen and oxygen atoms in total. The zero-order valence-corrected chi connectivity index (χ0v) is 16.0. The molecular formula is C25H21N3. The fourth-order valence-electron chi connectivity index (χ4n) is 3.87. The molecule has 0 bridgehead atoms. The quantitative estimate of drug-likeness (QED) is 0.463. The lowest BCUT2D eigenvalue weighted by molar-refractivity contribution is 1.05. The molecule has 4 aromatic rings. The molecule has 1 heterocycles. The molecule has 0 atom stereocenters. The van der Waals surface area contributed by atoms with E-state index in [-0.39, 0.29) is 0 Å². The molecule has 0 saturated carbocycles. The van der Waals surface area contributed by atoms with E-state index < -0.39 is 0 Å². The standard InChI is InChI=1S/C25H21N3/c1-17-8-6-7-9-20(17)15-23(27)25-18(2)28(21-10-4-3-5-11-21)24-13-12-19(16-26)14-22(24)25/h3-14,27H,15H2,1-2H3. The second-order valence-corrected chi connectivity index (χ2v) is 7.06. The average molecular weight is 363 g/mol. The highest BCUT2D eigenvalue weighted by Gasteiger charge is 2.19. The number of aromatic nitrogens is 1. The Balaban J connectivity index is 1.92. The van der Waals surface area contributed by atoms with Crippen LogP contribution in [0.1, 0.15) is 27.9 Å². The van der Waals surface area contributed by atoms with Crippen LogP contribution in [0.4, 0.5) is 0 Å². The third kappa shape index (κ3) is 3.00. The van der Waals surface area contributed by atoms with E-state index in [1.165, 1.54) is 5.56 Å². The Kier molecular flexibility index (Phi) is 4.55. The number of nitrogens with one attached hydrogen (secondary N) is 1. The molecule has 1 aromatic heterocycles. The molecule has 1 N–H and O–H groups in total. The summed E-state index contributed by atoms with van der Waals surface area (Å²) in [6, 6.07) is 26.3. The summed E-state index contributed by atoms with van der Waals surface area (Å²) in [5.41, 5.74) is 7.55. The Hall–Kier alpha value is -3.64.